The van der Waals surface area contributed by atoms with Gasteiger partial charge in [-0.15, -0.1) is 0 Å². The Balaban J connectivity index is 2.48. The van der Waals surface area contributed by atoms with Crippen molar-refractivity contribution in [2.24, 2.45) is 0 Å². The predicted octanol–water partition coefficient (Wildman–Crippen LogP) is 4.30. The second-order valence-corrected chi connectivity index (χ2v) is 4.61. The van der Waals surface area contributed by atoms with Gasteiger partial charge in [-0.2, -0.15) is 0 Å². The molecule has 0 spiro atoms. The zero-order chi connectivity index (χ0) is 8.81. The smallest absolute Gasteiger partial charge is 0.0395 e. The minimum absolute atomic E-state index is 0.510. The molecular formula is C10H12Br2. The minimum atomic E-state index is 0.510. The fourth-order valence-electron chi connectivity index (χ4n) is 1.08. The van der Waals surface area contributed by atoms with Crippen LogP contribution in [0.5, 0.6) is 0 Å². The van der Waals surface area contributed by atoms with Crippen LogP contribution in [0.25, 0.3) is 0 Å². The van der Waals surface area contributed by atoms with Crippen LogP contribution in [0.1, 0.15) is 23.2 Å². The molecule has 66 valence electrons. The van der Waals surface area contributed by atoms with Gasteiger partial charge in [-0.25, -0.2) is 0 Å². The average molecular weight is 292 g/mol. The lowest BCUT2D eigenvalue weighted by Gasteiger charge is -2.07. The summed E-state index contributed by atoms with van der Waals surface area (Å²) in [6.45, 7) is 0. The zero-order valence-electron chi connectivity index (χ0n) is 6.84. The third-order valence-corrected chi connectivity index (χ3v) is 3.30. The molecule has 2 heteroatoms. The summed E-state index contributed by atoms with van der Waals surface area (Å²) < 4.78 is 0. The normalized spacial score (nSPS) is 12.8. The SMILES string of the molecule is BrCCCC(Br)c1ccccc1. The molecule has 0 nitrogen and oxygen atoms in total. The molecule has 0 aliphatic rings. The Hall–Kier alpha value is 0.180. The van der Waals surface area contributed by atoms with Gasteiger partial charge in [-0.05, 0) is 18.4 Å². The van der Waals surface area contributed by atoms with Crippen molar-refractivity contribution in [3.05, 3.63) is 35.9 Å². The number of hydrogen-bond acceptors (Lipinski definition) is 0. The van der Waals surface area contributed by atoms with Crippen LogP contribution in [0.2, 0.25) is 0 Å². The van der Waals surface area contributed by atoms with Gasteiger partial charge in [0, 0.05) is 10.2 Å². The van der Waals surface area contributed by atoms with Crippen molar-refractivity contribution in [2.75, 3.05) is 5.33 Å². The Morgan fingerprint density at radius 2 is 1.83 bits per heavy atom. The van der Waals surface area contributed by atoms with Gasteiger partial charge in [0.2, 0.25) is 0 Å². The Morgan fingerprint density at radius 3 is 2.42 bits per heavy atom. The first kappa shape index (κ1) is 10.3. The van der Waals surface area contributed by atoms with E-state index in [1.54, 1.807) is 0 Å². The summed E-state index contributed by atoms with van der Waals surface area (Å²) in [5, 5.41) is 1.09. The molecule has 1 rings (SSSR count). The van der Waals surface area contributed by atoms with Crippen molar-refractivity contribution in [1.29, 1.82) is 0 Å². The molecule has 0 aliphatic carbocycles. The highest BCUT2D eigenvalue weighted by Gasteiger charge is 2.04. The number of hydrogen-bond donors (Lipinski definition) is 0. The van der Waals surface area contributed by atoms with E-state index in [1.165, 1.54) is 18.4 Å². The average Bonchev–Trinajstić information content (AvgIpc) is 2.15. The first-order chi connectivity index (χ1) is 5.84. The van der Waals surface area contributed by atoms with Crippen LogP contribution >= 0.6 is 31.9 Å². The number of halogens is 2. The van der Waals surface area contributed by atoms with E-state index in [1.807, 2.05) is 6.07 Å². The third kappa shape index (κ3) is 3.28. The van der Waals surface area contributed by atoms with Crippen LogP contribution < -0.4 is 0 Å². The van der Waals surface area contributed by atoms with Gasteiger partial charge >= 0.3 is 0 Å². The van der Waals surface area contributed by atoms with E-state index < -0.39 is 0 Å². The van der Waals surface area contributed by atoms with Crippen LogP contribution in [-0.4, -0.2) is 5.33 Å². The number of benzene rings is 1. The fourth-order valence-corrected chi connectivity index (χ4v) is 2.04. The number of rotatable bonds is 4. The minimum Gasteiger partial charge on any atom is -0.0928 e. The Bertz CT molecular complexity index is 208. The van der Waals surface area contributed by atoms with Crippen LogP contribution in [0, 0.1) is 0 Å². The highest BCUT2D eigenvalue weighted by molar-refractivity contribution is 9.09. The standard InChI is InChI=1S/C10H12Br2/c11-8-4-7-10(12)9-5-2-1-3-6-9/h1-3,5-6,10H,4,7-8H2. The van der Waals surface area contributed by atoms with Crippen molar-refractivity contribution >= 4 is 31.9 Å². The molecule has 12 heavy (non-hydrogen) atoms. The van der Waals surface area contributed by atoms with Gasteiger partial charge in [0.15, 0.2) is 0 Å². The Morgan fingerprint density at radius 1 is 1.17 bits per heavy atom. The van der Waals surface area contributed by atoms with Gasteiger partial charge in [-0.3, -0.25) is 0 Å². The lowest BCUT2D eigenvalue weighted by atomic mass is 10.1. The van der Waals surface area contributed by atoms with E-state index in [4.69, 9.17) is 0 Å². The molecule has 1 atom stereocenters. The highest BCUT2D eigenvalue weighted by Crippen LogP contribution is 2.27. The van der Waals surface area contributed by atoms with Gasteiger partial charge in [0.25, 0.3) is 0 Å². The zero-order valence-corrected chi connectivity index (χ0v) is 10.0. The molecule has 0 radical (unpaired) electrons. The van der Waals surface area contributed by atoms with Gasteiger partial charge in [-0.1, -0.05) is 62.2 Å². The summed E-state index contributed by atoms with van der Waals surface area (Å²) in [6, 6.07) is 10.5. The van der Waals surface area contributed by atoms with Crippen molar-refractivity contribution in [3.63, 3.8) is 0 Å². The van der Waals surface area contributed by atoms with E-state index in [-0.39, 0.29) is 0 Å². The monoisotopic (exact) mass is 290 g/mol. The maximum Gasteiger partial charge on any atom is 0.0395 e. The van der Waals surface area contributed by atoms with Crippen LogP contribution in [-0.2, 0) is 0 Å². The molecule has 1 aromatic rings. The summed E-state index contributed by atoms with van der Waals surface area (Å²) in [5.41, 5.74) is 1.37. The Kier molecular flexibility index (Phi) is 4.93. The van der Waals surface area contributed by atoms with Gasteiger partial charge in [0.1, 0.15) is 0 Å². The fraction of sp³-hybridized carbons (Fsp3) is 0.400. The molecule has 0 heterocycles. The van der Waals surface area contributed by atoms with Crippen LogP contribution in [0.4, 0.5) is 0 Å². The summed E-state index contributed by atoms with van der Waals surface area (Å²) in [4.78, 5) is 0.510. The molecule has 0 saturated carbocycles. The molecule has 0 amide bonds. The molecule has 1 aromatic carbocycles. The summed E-state index contributed by atoms with van der Waals surface area (Å²) >= 11 is 7.10. The van der Waals surface area contributed by atoms with E-state index in [9.17, 15) is 0 Å². The third-order valence-electron chi connectivity index (χ3n) is 1.75. The van der Waals surface area contributed by atoms with E-state index >= 15 is 0 Å². The van der Waals surface area contributed by atoms with Crippen molar-refractivity contribution < 1.29 is 0 Å². The first-order valence-electron chi connectivity index (χ1n) is 4.09. The van der Waals surface area contributed by atoms with Crippen LogP contribution in [0.15, 0.2) is 30.3 Å². The van der Waals surface area contributed by atoms with Crippen LogP contribution in [0.3, 0.4) is 0 Å². The van der Waals surface area contributed by atoms with Gasteiger partial charge < -0.3 is 0 Å². The predicted molar refractivity (Wildman–Crippen MR) is 61.1 cm³/mol. The second-order valence-electron chi connectivity index (χ2n) is 2.71. The topological polar surface area (TPSA) is 0 Å². The van der Waals surface area contributed by atoms with E-state index in [0.717, 1.165) is 5.33 Å². The largest absolute Gasteiger partial charge is 0.0928 e. The molecule has 0 saturated heterocycles. The van der Waals surface area contributed by atoms with Crippen molar-refractivity contribution in [2.45, 2.75) is 17.7 Å². The summed E-state index contributed by atoms with van der Waals surface area (Å²) in [7, 11) is 0. The first-order valence-corrected chi connectivity index (χ1v) is 6.13. The molecule has 0 aromatic heterocycles. The molecule has 0 N–H and O–H groups in total. The van der Waals surface area contributed by atoms with Crippen molar-refractivity contribution in [1.82, 2.24) is 0 Å². The quantitative estimate of drug-likeness (QED) is 0.726. The second kappa shape index (κ2) is 5.76. The molecular weight excluding hydrogens is 280 g/mol. The maximum absolute atomic E-state index is 3.67. The lowest BCUT2D eigenvalue weighted by molar-refractivity contribution is 0.799. The maximum atomic E-state index is 3.67. The van der Waals surface area contributed by atoms with Gasteiger partial charge in [0.05, 0.1) is 0 Å². The lowest BCUT2D eigenvalue weighted by Crippen LogP contribution is -1.89. The highest BCUT2D eigenvalue weighted by atomic mass is 79.9. The Labute approximate surface area is 90.6 Å². The summed E-state index contributed by atoms with van der Waals surface area (Å²) in [6.07, 6.45) is 2.40. The molecule has 0 fully saturated rings. The molecule has 0 aliphatic heterocycles. The summed E-state index contributed by atoms with van der Waals surface area (Å²) in [5.74, 6) is 0. The number of alkyl halides is 2. The van der Waals surface area contributed by atoms with E-state index in [0.29, 0.717) is 4.83 Å². The molecule has 0 bridgehead atoms. The van der Waals surface area contributed by atoms with E-state index in [2.05, 4.69) is 56.1 Å². The van der Waals surface area contributed by atoms with Crippen molar-refractivity contribution in [3.8, 4) is 0 Å². The molecule has 1 unspecified atom stereocenters.